The van der Waals surface area contributed by atoms with Crippen molar-refractivity contribution in [3.8, 4) is 17.6 Å². The number of hydrogen-bond donors (Lipinski definition) is 0. The van der Waals surface area contributed by atoms with E-state index in [9.17, 15) is 0 Å². The summed E-state index contributed by atoms with van der Waals surface area (Å²) >= 11 is 0. The Morgan fingerprint density at radius 2 is 1.74 bits per heavy atom. The fraction of sp³-hybridized carbons (Fsp3) is 0.188. The molecule has 0 N–H and O–H groups in total. The zero-order chi connectivity index (χ0) is 13.7. The van der Waals surface area contributed by atoms with Gasteiger partial charge in [-0.25, -0.2) is 0 Å². The minimum absolute atomic E-state index is 0.490. The summed E-state index contributed by atoms with van der Waals surface area (Å²) < 4.78 is 10.8. The summed E-state index contributed by atoms with van der Waals surface area (Å²) in [6, 6.07) is 15.2. The fourth-order valence-corrected chi connectivity index (χ4v) is 1.76. The summed E-state index contributed by atoms with van der Waals surface area (Å²) in [4.78, 5) is 0. The maximum absolute atomic E-state index is 8.82. The third kappa shape index (κ3) is 3.26. The lowest BCUT2D eigenvalue weighted by molar-refractivity contribution is 0.304. The van der Waals surface area contributed by atoms with Crippen LogP contribution < -0.4 is 9.47 Å². The van der Waals surface area contributed by atoms with E-state index >= 15 is 0 Å². The first kappa shape index (κ1) is 13.0. The molecule has 0 spiro atoms. The van der Waals surface area contributed by atoms with Crippen molar-refractivity contribution < 1.29 is 9.47 Å². The van der Waals surface area contributed by atoms with Gasteiger partial charge in [-0.2, -0.15) is 5.26 Å². The Labute approximate surface area is 113 Å². The zero-order valence-corrected chi connectivity index (χ0v) is 11.0. The Morgan fingerprint density at radius 1 is 1.05 bits per heavy atom. The van der Waals surface area contributed by atoms with Gasteiger partial charge in [0.25, 0.3) is 0 Å². The van der Waals surface area contributed by atoms with Crippen LogP contribution in [0.1, 0.15) is 16.7 Å². The molecule has 0 saturated carbocycles. The third-order valence-corrected chi connectivity index (χ3v) is 2.93. The molecule has 0 saturated heterocycles. The van der Waals surface area contributed by atoms with Crippen molar-refractivity contribution in [3.63, 3.8) is 0 Å². The van der Waals surface area contributed by atoms with Crippen LogP contribution in [0.15, 0.2) is 42.5 Å². The highest BCUT2D eigenvalue weighted by atomic mass is 16.5. The minimum Gasteiger partial charge on any atom is -0.497 e. The van der Waals surface area contributed by atoms with Crippen LogP contribution in [-0.2, 0) is 6.61 Å². The Morgan fingerprint density at radius 3 is 2.32 bits per heavy atom. The predicted molar refractivity (Wildman–Crippen MR) is 73.2 cm³/mol. The van der Waals surface area contributed by atoms with Crippen LogP contribution in [0, 0.1) is 18.3 Å². The van der Waals surface area contributed by atoms with E-state index < -0.39 is 0 Å². The smallest absolute Gasteiger partial charge is 0.120 e. The average Bonchev–Trinajstić information content (AvgIpc) is 2.46. The van der Waals surface area contributed by atoms with Gasteiger partial charge in [0, 0.05) is 0 Å². The first-order chi connectivity index (χ1) is 9.22. The van der Waals surface area contributed by atoms with Crippen molar-refractivity contribution in [2.24, 2.45) is 0 Å². The average molecular weight is 253 g/mol. The van der Waals surface area contributed by atoms with Gasteiger partial charge in [-0.15, -0.1) is 0 Å². The maximum atomic E-state index is 8.82. The number of benzene rings is 2. The lowest BCUT2D eigenvalue weighted by Crippen LogP contribution is -1.98. The van der Waals surface area contributed by atoms with Crippen LogP contribution in [0.5, 0.6) is 11.5 Å². The molecule has 96 valence electrons. The standard InChI is InChI=1S/C16H15NO2/c1-12-9-13(10-17)3-4-14(12)11-19-16-7-5-15(18-2)6-8-16/h3-9H,11H2,1-2H3. The summed E-state index contributed by atoms with van der Waals surface area (Å²) in [6.07, 6.45) is 0. The molecule has 0 fully saturated rings. The zero-order valence-electron chi connectivity index (χ0n) is 11.0. The molecule has 0 heterocycles. The first-order valence-corrected chi connectivity index (χ1v) is 5.99. The van der Waals surface area contributed by atoms with E-state index in [1.807, 2.05) is 43.3 Å². The van der Waals surface area contributed by atoms with Crippen molar-refractivity contribution >= 4 is 0 Å². The van der Waals surface area contributed by atoms with Gasteiger partial charge in [-0.1, -0.05) is 6.07 Å². The molecule has 3 heteroatoms. The van der Waals surface area contributed by atoms with E-state index in [1.165, 1.54) is 0 Å². The molecule has 0 radical (unpaired) electrons. The lowest BCUT2D eigenvalue weighted by Gasteiger charge is -2.09. The van der Waals surface area contributed by atoms with Gasteiger partial charge < -0.3 is 9.47 Å². The van der Waals surface area contributed by atoms with Gasteiger partial charge in [0.05, 0.1) is 18.7 Å². The highest BCUT2D eigenvalue weighted by Gasteiger charge is 2.02. The summed E-state index contributed by atoms with van der Waals surface area (Å²) in [5.74, 6) is 1.60. The van der Waals surface area contributed by atoms with Crippen LogP contribution in [0.3, 0.4) is 0 Å². The van der Waals surface area contributed by atoms with Crippen LogP contribution in [0.2, 0.25) is 0 Å². The molecule has 19 heavy (non-hydrogen) atoms. The van der Waals surface area contributed by atoms with Gasteiger partial charge >= 0.3 is 0 Å². The maximum Gasteiger partial charge on any atom is 0.120 e. The van der Waals surface area contributed by atoms with Gasteiger partial charge in [0.2, 0.25) is 0 Å². The van der Waals surface area contributed by atoms with E-state index in [0.717, 1.165) is 22.6 Å². The lowest BCUT2D eigenvalue weighted by atomic mass is 10.1. The highest BCUT2D eigenvalue weighted by Crippen LogP contribution is 2.19. The third-order valence-electron chi connectivity index (χ3n) is 2.93. The SMILES string of the molecule is COc1ccc(OCc2ccc(C#N)cc2C)cc1. The molecule has 2 rings (SSSR count). The van der Waals surface area contributed by atoms with Crippen LogP contribution in [0.4, 0.5) is 0 Å². The Balaban J connectivity index is 2.04. The number of aryl methyl sites for hydroxylation is 1. The molecule has 0 amide bonds. The van der Waals surface area contributed by atoms with Gasteiger partial charge in [0.15, 0.2) is 0 Å². The monoisotopic (exact) mass is 253 g/mol. The number of hydrogen-bond acceptors (Lipinski definition) is 3. The second kappa shape index (κ2) is 5.92. The van der Waals surface area contributed by atoms with Gasteiger partial charge in [0.1, 0.15) is 18.1 Å². The largest absolute Gasteiger partial charge is 0.497 e. The highest BCUT2D eigenvalue weighted by molar-refractivity contribution is 5.37. The number of methoxy groups -OCH3 is 1. The molecule has 3 nitrogen and oxygen atoms in total. The van der Waals surface area contributed by atoms with E-state index in [-0.39, 0.29) is 0 Å². The second-order valence-corrected chi connectivity index (χ2v) is 4.22. The van der Waals surface area contributed by atoms with Crippen LogP contribution in [-0.4, -0.2) is 7.11 Å². The Kier molecular flexibility index (Phi) is 4.04. The van der Waals surface area contributed by atoms with Crippen molar-refractivity contribution in [3.05, 3.63) is 59.2 Å². The molecule has 0 aliphatic carbocycles. The number of rotatable bonds is 4. The van der Waals surface area contributed by atoms with E-state index in [4.69, 9.17) is 14.7 Å². The quantitative estimate of drug-likeness (QED) is 0.838. The number of nitrogens with zero attached hydrogens (tertiary/aromatic N) is 1. The summed E-state index contributed by atoms with van der Waals surface area (Å²) in [6.45, 7) is 2.47. The van der Waals surface area contributed by atoms with E-state index in [2.05, 4.69) is 6.07 Å². The molecule has 0 aliphatic heterocycles. The molecule has 0 unspecified atom stereocenters. The Hall–Kier alpha value is -2.47. The van der Waals surface area contributed by atoms with Gasteiger partial charge in [-0.3, -0.25) is 0 Å². The topological polar surface area (TPSA) is 42.2 Å². The molecule has 0 atom stereocenters. The molecule has 2 aromatic carbocycles. The molecule has 0 aliphatic rings. The van der Waals surface area contributed by atoms with Crippen molar-refractivity contribution in [2.75, 3.05) is 7.11 Å². The number of nitriles is 1. The van der Waals surface area contributed by atoms with Crippen molar-refractivity contribution in [1.82, 2.24) is 0 Å². The number of ether oxygens (including phenoxy) is 2. The molecule has 2 aromatic rings. The molecule has 0 aromatic heterocycles. The minimum atomic E-state index is 0.490. The normalized spacial score (nSPS) is 9.74. The van der Waals surface area contributed by atoms with E-state index in [0.29, 0.717) is 12.2 Å². The second-order valence-electron chi connectivity index (χ2n) is 4.22. The van der Waals surface area contributed by atoms with Gasteiger partial charge in [-0.05, 0) is 54.4 Å². The van der Waals surface area contributed by atoms with Crippen molar-refractivity contribution in [2.45, 2.75) is 13.5 Å². The fourth-order valence-electron chi connectivity index (χ4n) is 1.76. The molecular weight excluding hydrogens is 238 g/mol. The first-order valence-electron chi connectivity index (χ1n) is 5.99. The molecular formula is C16H15NO2. The summed E-state index contributed by atoms with van der Waals surface area (Å²) in [7, 11) is 1.63. The van der Waals surface area contributed by atoms with Crippen molar-refractivity contribution in [1.29, 1.82) is 5.26 Å². The van der Waals surface area contributed by atoms with E-state index in [1.54, 1.807) is 13.2 Å². The van der Waals surface area contributed by atoms with Crippen LogP contribution in [0.25, 0.3) is 0 Å². The Bertz CT molecular complexity index is 597. The summed E-state index contributed by atoms with van der Waals surface area (Å²) in [5, 5.41) is 8.82. The summed E-state index contributed by atoms with van der Waals surface area (Å²) in [5.41, 5.74) is 2.81. The molecule has 0 bridgehead atoms. The van der Waals surface area contributed by atoms with Crippen LogP contribution >= 0.6 is 0 Å². The predicted octanol–water partition coefficient (Wildman–Crippen LogP) is 3.45.